The van der Waals surface area contributed by atoms with Gasteiger partial charge in [-0.1, -0.05) is 42.6 Å². The number of nitrogens with zero attached hydrogens (tertiary/aromatic N) is 1. The van der Waals surface area contributed by atoms with Gasteiger partial charge in [0.15, 0.2) is 0 Å². The van der Waals surface area contributed by atoms with Gasteiger partial charge in [-0.3, -0.25) is 4.79 Å². The van der Waals surface area contributed by atoms with E-state index in [-0.39, 0.29) is 11.5 Å². The van der Waals surface area contributed by atoms with Crippen LogP contribution in [0.3, 0.4) is 0 Å². The number of amides is 1. The van der Waals surface area contributed by atoms with Gasteiger partial charge in [0.1, 0.15) is 5.82 Å². The molecule has 0 aliphatic heterocycles. The van der Waals surface area contributed by atoms with Crippen molar-refractivity contribution in [2.75, 3.05) is 13.1 Å². The van der Waals surface area contributed by atoms with E-state index < -0.39 is 5.82 Å². The Morgan fingerprint density at radius 3 is 2.26 bits per heavy atom. The van der Waals surface area contributed by atoms with Gasteiger partial charge in [-0.25, -0.2) is 4.39 Å². The lowest BCUT2D eigenvalue weighted by molar-refractivity contribution is 0.0746. The summed E-state index contributed by atoms with van der Waals surface area (Å²) in [4.78, 5) is 14.1. The number of benzene rings is 1. The minimum absolute atomic E-state index is 0.162. The lowest BCUT2D eigenvalue weighted by Gasteiger charge is -2.22. The lowest BCUT2D eigenvalue weighted by Crippen LogP contribution is -2.33. The van der Waals surface area contributed by atoms with Crippen LogP contribution in [0.2, 0.25) is 0 Å². The summed E-state index contributed by atoms with van der Waals surface area (Å²) in [5.74, 6) is -0.663. The third-order valence-corrected chi connectivity index (χ3v) is 3.51. The summed E-state index contributed by atoms with van der Waals surface area (Å²) in [6.07, 6.45) is 3.96. The summed E-state index contributed by atoms with van der Waals surface area (Å²) in [6, 6.07) is 4.59. The van der Waals surface area contributed by atoms with Crippen LogP contribution < -0.4 is 0 Å². The van der Waals surface area contributed by atoms with Crippen LogP contribution >= 0.6 is 15.9 Å². The lowest BCUT2D eigenvalue weighted by atomic mass is 10.1. The van der Waals surface area contributed by atoms with Crippen LogP contribution in [0.15, 0.2) is 22.7 Å². The van der Waals surface area contributed by atoms with Crippen molar-refractivity contribution in [1.82, 2.24) is 4.90 Å². The highest BCUT2D eigenvalue weighted by molar-refractivity contribution is 9.10. The van der Waals surface area contributed by atoms with Gasteiger partial charge >= 0.3 is 0 Å². The average molecular weight is 330 g/mol. The van der Waals surface area contributed by atoms with E-state index in [1.54, 1.807) is 17.0 Å². The van der Waals surface area contributed by atoms with E-state index in [9.17, 15) is 9.18 Å². The van der Waals surface area contributed by atoms with E-state index in [0.717, 1.165) is 25.7 Å². The molecule has 1 aromatic rings. The fourth-order valence-corrected chi connectivity index (χ4v) is 2.18. The SMILES string of the molecule is CCCCN(CCCC)C(=O)c1ccc(Br)cc1F. The van der Waals surface area contributed by atoms with Gasteiger partial charge in [0.2, 0.25) is 0 Å². The molecule has 106 valence electrons. The molecule has 0 aliphatic rings. The van der Waals surface area contributed by atoms with Crippen molar-refractivity contribution in [3.05, 3.63) is 34.1 Å². The molecule has 4 heteroatoms. The van der Waals surface area contributed by atoms with Crippen LogP contribution in [0.4, 0.5) is 4.39 Å². The smallest absolute Gasteiger partial charge is 0.256 e. The van der Waals surface area contributed by atoms with Crippen molar-refractivity contribution in [1.29, 1.82) is 0 Å². The second kappa shape index (κ2) is 8.31. The highest BCUT2D eigenvalue weighted by Gasteiger charge is 2.18. The largest absolute Gasteiger partial charge is 0.339 e. The monoisotopic (exact) mass is 329 g/mol. The van der Waals surface area contributed by atoms with Gasteiger partial charge in [0.05, 0.1) is 5.56 Å². The molecule has 0 unspecified atom stereocenters. The van der Waals surface area contributed by atoms with Gasteiger partial charge in [0.25, 0.3) is 5.91 Å². The van der Waals surface area contributed by atoms with E-state index >= 15 is 0 Å². The molecule has 0 aliphatic carbocycles. The molecule has 0 radical (unpaired) electrons. The predicted molar refractivity (Wildman–Crippen MR) is 79.8 cm³/mol. The Kier molecular flexibility index (Phi) is 7.06. The summed E-state index contributed by atoms with van der Waals surface area (Å²) in [7, 11) is 0. The molecule has 0 aromatic heterocycles. The Labute approximate surface area is 123 Å². The van der Waals surface area contributed by atoms with Gasteiger partial charge in [-0.15, -0.1) is 0 Å². The van der Waals surface area contributed by atoms with Crippen LogP contribution in [0.25, 0.3) is 0 Å². The highest BCUT2D eigenvalue weighted by atomic mass is 79.9. The third-order valence-electron chi connectivity index (χ3n) is 3.01. The van der Waals surface area contributed by atoms with Gasteiger partial charge in [-0.05, 0) is 31.0 Å². The Balaban J connectivity index is 2.84. The Morgan fingerprint density at radius 1 is 1.21 bits per heavy atom. The van der Waals surface area contributed by atoms with Crippen LogP contribution in [0, 0.1) is 5.82 Å². The summed E-state index contributed by atoms with van der Waals surface area (Å²) in [5, 5.41) is 0. The summed E-state index contributed by atoms with van der Waals surface area (Å²) >= 11 is 3.20. The molecule has 0 heterocycles. The van der Waals surface area contributed by atoms with E-state index in [2.05, 4.69) is 29.8 Å². The number of carbonyl (C=O) groups is 1. The summed E-state index contributed by atoms with van der Waals surface area (Å²) < 4.78 is 14.5. The molecule has 0 spiro atoms. The first-order chi connectivity index (χ1) is 9.10. The van der Waals surface area contributed by atoms with Gasteiger partial charge in [-0.2, -0.15) is 0 Å². The normalized spacial score (nSPS) is 10.5. The van der Waals surface area contributed by atoms with E-state index in [0.29, 0.717) is 17.6 Å². The van der Waals surface area contributed by atoms with Crippen molar-refractivity contribution in [2.45, 2.75) is 39.5 Å². The number of hydrogen-bond donors (Lipinski definition) is 0. The standard InChI is InChI=1S/C15H21BrFNO/c1-3-5-9-18(10-6-4-2)15(19)13-8-7-12(16)11-14(13)17/h7-8,11H,3-6,9-10H2,1-2H3. The first-order valence-corrected chi connectivity index (χ1v) is 7.63. The van der Waals surface area contributed by atoms with E-state index in [4.69, 9.17) is 0 Å². The maximum atomic E-state index is 13.8. The van der Waals surface area contributed by atoms with Gasteiger partial charge in [0, 0.05) is 17.6 Å². The molecule has 1 aromatic carbocycles. The van der Waals surface area contributed by atoms with Crippen LogP contribution in [0.5, 0.6) is 0 Å². The zero-order valence-corrected chi connectivity index (χ0v) is 13.2. The van der Waals surface area contributed by atoms with E-state index in [1.165, 1.54) is 6.07 Å². The molecule has 0 bridgehead atoms. The molecule has 0 atom stereocenters. The first-order valence-electron chi connectivity index (χ1n) is 6.84. The topological polar surface area (TPSA) is 20.3 Å². The molecular formula is C15H21BrFNO. The molecule has 0 N–H and O–H groups in total. The second-order valence-corrected chi connectivity index (χ2v) is 5.54. The maximum Gasteiger partial charge on any atom is 0.256 e. The number of hydrogen-bond acceptors (Lipinski definition) is 1. The molecule has 1 rings (SSSR count). The maximum absolute atomic E-state index is 13.8. The van der Waals surface area contributed by atoms with Gasteiger partial charge < -0.3 is 4.90 Å². The molecule has 1 amide bonds. The Morgan fingerprint density at radius 2 is 1.79 bits per heavy atom. The average Bonchev–Trinajstić information content (AvgIpc) is 2.38. The molecule has 0 saturated carbocycles. The third kappa shape index (κ3) is 4.94. The molecular weight excluding hydrogens is 309 g/mol. The molecule has 0 saturated heterocycles. The Hall–Kier alpha value is -0.900. The van der Waals surface area contributed by atoms with Crippen molar-refractivity contribution in [3.8, 4) is 0 Å². The van der Waals surface area contributed by atoms with Crippen molar-refractivity contribution < 1.29 is 9.18 Å². The molecule has 19 heavy (non-hydrogen) atoms. The minimum atomic E-state index is -0.461. The quantitative estimate of drug-likeness (QED) is 0.714. The highest BCUT2D eigenvalue weighted by Crippen LogP contribution is 2.17. The van der Waals surface area contributed by atoms with E-state index in [1.807, 2.05) is 0 Å². The summed E-state index contributed by atoms with van der Waals surface area (Å²) in [6.45, 7) is 5.57. The van der Waals surface area contributed by atoms with Crippen LogP contribution in [0.1, 0.15) is 49.9 Å². The predicted octanol–water partition coefficient (Wildman–Crippen LogP) is 4.63. The fourth-order valence-electron chi connectivity index (χ4n) is 1.85. The Bertz CT molecular complexity index is 415. The van der Waals surface area contributed by atoms with Crippen LogP contribution in [-0.4, -0.2) is 23.9 Å². The second-order valence-electron chi connectivity index (χ2n) is 4.62. The number of rotatable bonds is 7. The van der Waals surface area contributed by atoms with Crippen LogP contribution in [-0.2, 0) is 0 Å². The zero-order valence-electron chi connectivity index (χ0n) is 11.6. The number of carbonyl (C=O) groups excluding carboxylic acids is 1. The van der Waals surface area contributed by atoms with Crippen molar-refractivity contribution in [3.63, 3.8) is 0 Å². The zero-order chi connectivity index (χ0) is 14.3. The molecule has 0 fully saturated rings. The summed E-state index contributed by atoms with van der Waals surface area (Å²) in [5.41, 5.74) is 0.162. The van der Waals surface area contributed by atoms with Crippen molar-refractivity contribution in [2.24, 2.45) is 0 Å². The number of unbranched alkanes of at least 4 members (excludes halogenated alkanes) is 2. The van der Waals surface area contributed by atoms with Crippen molar-refractivity contribution >= 4 is 21.8 Å². The first kappa shape index (κ1) is 16.2. The fraction of sp³-hybridized carbons (Fsp3) is 0.533. The molecule has 2 nitrogen and oxygen atoms in total. The number of halogens is 2. The minimum Gasteiger partial charge on any atom is -0.339 e.